The number of aryl methyl sites for hydroxylation is 1. The van der Waals surface area contributed by atoms with Gasteiger partial charge in [-0.3, -0.25) is 9.48 Å². The molecule has 0 fully saturated rings. The SMILES string of the molecule is COc1ccc(Cl)cc1S(=O)(=O)NC(=O)CC/C=C1\CCCc2cnn(Cc3ccc(Cl)cc3Cl)c21. The summed E-state index contributed by atoms with van der Waals surface area (Å²) in [7, 11) is -2.79. The number of aromatic nitrogens is 2. The second kappa shape index (κ2) is 11.3. The minimum atomic E-state index is -4.13. The van der Waals surface area contributed by atoms with Gasteiger partial charge in [-0.1, -0.05) is 46.9 Å². The summed E-state index contributed by atoms with van der Waals surface area (Å²) in [6.07, 6.45) is 6.94. The number of sulfonamides is 1. The standard InChI is InChI=1S/C25H24Cl3N3O4S/c1-35-22-11-10-20(27)13-23(22)36(33,34)30-24(32)7-3-5-16-4-2-6-17-14-29-31(25(16)17)15-18-8-9-19(26)12-21(18)28/h5,8-14H,2-4,6-7,15H2,1H3,(H,30,32)/b16-5+. The topological polar surface area (TPSA) is 90.3 Å². The quantitative estimate of drug-likeness (QED) is 0.365. The molecule has 0 saturated carbocycles. The van der Waals surface area contributed by atoms with Crippen molar-refractivity contribution >= 4 is 56.3 Å². The van der Waals surface area contributed by atoms with E-state index >= 15 is 0 Å². The van der Waals surface area contributed by atoms with Crippen molar-refractivity contribution in [1.82, 2.24) is 14.5 Å². The molecular formula is C25H24Cl3N3O4S. The first-order valence-electron chi connectivity index (χ1n) is 11.2. The smallest absolute Gasteiger partial charge is 0.267 e. The maximum absolute atomic E-state index is 12.7. The van der Waals surface area contributed by atoms with Gasteiger partial charge in [0.25, 0.3) is 10.0 Å². The van der Waals surface area contributed by atoms with Crippen molar-refractivity contribution < 1.29 is 17.9 Å². The average Bonchev–Trinajstić information content (AvgIpc) is 3.24. The van der Waals surface area contributed by atoms with Gasteiger partial charge in [-0.2, -0.15) is 5.10 Å². The van der Waals surface area contributed by atoms with Crippen molar-refractivity contribution in [3.63, 3.8) is 0 Å². The monoisotopic (exact) mass is 567 g/mol. The second-order valence-corrected chi connectivity index (χ2v) is 11.3. The molecular weight excluding hydrogens is 545 g/mol. The number of allylic oxidation sites excluding steroid dienone is 2. The van der Waals surface area contributed by atoms with Gasteiger partial charge in [0.15, 0.2) is 0 Å². The van der Waals surface area contributed by atoms with Gasteiger partial charge in [0, 0.05) is 21.5 Å². The minimum Gasteiger partial charge on any atom is -0.495 e. The number of methoxy groups -OCH3 is 1. The number of carbonyl (C=O) groups is 1. The number of fused-ring (bicyclic) bond motifs is 1. The zero-order chi connectivity index (χ0) is 25.9. The summed E-state index contributed by atoms with van der Waals surface area (Å²) in [5.41, 5.74) is 4.13. The molecule has 11 heteroatoms. The lowest BCUT2D eigenvalue weighted by molar-refractivity contribution is -0.119. The first-order valence-corrected chi connectivity index (χ1v) is 13.9. The lowest BCUT2D eigenvalue weighted by Gasteiger charge is -2.18. The molecule has 0 spiro atoms. The molecule has 2 aromatic carbocycles. The van der Waals surface area contributed by atoms with E-state index in [0.29, 0.717) is 23.0 Å². The molecule has 0 bridgehead atoms. The molecule has 0 saturated heterocycles. The molecule has 1 aromatic heterocycles. The molecule has 1 N–H and O–H groups in total. The maximum Gasteiger partial charge on any atom is 0.267 e. The predicted octanol–water partition coefficient (Wildman–Crippen LogP) is 5.91. The third-order valence-electron chi connectivity index (χ3n) is 5.87. The number of rotatable bonds is 8. The minimum absolute atomic E-state index is 0.00189. The third-order valence-corrected chi connectivity index (χ3v) is 8.09. The van der Waals surface area contributed by atoms with Crippen molar-refractivity contribution in [1.29, 1.82) is 0 Å². The summed E-state index contributed by atoms with van der Waals surface area (Å²) < 4.78 is 34.5. The fourth-order valence-electron chi connectivity index (χ4n) is 4.19. The normalized spacial score (nSPS) is 14.5. The molecule has 36 heavy (non-hydrogen) atoms. The molecule has 0 aliphatic heterocycles. The first-order chi connectivity index (χ1) is 17.2. The molecule has 7 nitrogen and oxygen atoms in total. The fraction of sp³-hybridized carbons (Fsp3) is 0.280. The van der Waals surface area contributed by atoms with Crippen molar-refractivity contribution in [3.8, 4) is 5.75 Å². The number of hydrogen-bond donors (Lipinski definition) is 1. The van der Waals surface area contributed by atoms with E-state index in [1.807, 2.05) is 23.0 Å². The molecule has 0 atom stereocenters. The van der Waals surface area contributed by atoms with Crippen molar-refractivity contribution in [2.45, 2.75) is 43.5 Å². The largest absolute Gasteiger partial charge is 0.495 e. The number of hydrogen-bond acceptors (Lipinski definition) is 5. The van der Waals surface area contributed by atoms with Crippen LogP contribution >= 0.6 is 34.8 Å². The van der Waals surface area contributed by atoms with Gasteiger partial charge in [0.1, 0.15) is 10.6 Å². The van der Waals surface area contributed by atoms with Crippen LogP contribution in [0.5, 0.6) is 5.75 Å². The Balaban J connectivity index is 1.46. The number of nitrogens with one attached hydrogen (secondary N) is 1. The number of carbonyl (C=O) groups excluding carboxylic acids is 1. The Bertz CT molecular complexity index is 1430. The van der Waals surface area contributed by atoms with Crippen LogP contribution in [0.25, 0.3) is 5.57 Å². The summed E-state index contributed by atoms with van der Waals surface area (Å²) >= 11 is 18.3. The Hall–Kier alpha value is -2.52. The zero-order valence-corrected chi connectivity index (χ0v) is 22.5. The van der Waals surface area contributed by atoms with Crippen LogP contribution in [0.3, 0.4) is 0 Å². The molecule has 1 amide bonds. The second-order valence-electron chi connectivity index (χ2n) is 8.36. The number of benzene rings is 2. The molecule has 4 rings (SSSR count). The molecule has 1 aliphatic carbocycles. The highest BCUT2D eigenvalue weighted by atomic mass is 35.5. The van der Waals surface area contributed by atoms with Gasteiger partial charge in [-0.05, 0) is 72.7 Å². The van der Waals surface area contributed by atoms with Gasteiger partial charge in [-0.15, -0.1) is 0 Å². The van der Waals surface area contributed by atoms with E-state index in [1.54, 1.807) is 12.1 Å². The van der Waals surface area contributed by atoms with E-state index < -0.39 is 15.9 Å². The highest BCUT2D eigenvalue weighted by Crippen LogP contribution is 2.33. The Labute approximate surface area is 225 Å². The Morgan fingerprint density at radius 3 is 2.64 bits per heavy atom. The van der Waals surface area contributed by atoms with Crippen molar-refractivity contribution in [3.05, 3.63) is 80.6 Å². The Kier molecular flexibility index (Phi) is 8.30. The molecule has 1 aliphatic rings. The van der Waals surface area contributed by atoms with Gasteiger partial charge < -0.3 is 4.74 Å². The lowest BCUT2D eigenvalue weighted by atomic mass is 9.92. The van der Waals surface area contributed by atoms with Gasteiger partial charge in [0.2, 0.25) is 5.91 Å². The van der Waals surface area contributed by atoms with Gasteiger partial charge in [0.05, 0.1) is 25.5 Å². The predicted molar refractivity (Wildman–Crippen MR) is 141 cm³/mol. The van der Waals surface area contributed by atoms with Crippen LogP contribution in [-0.4, -0.2) is 31.2 Å². The summed E-state index contributed by atoms with van der Waals surface area (Å²) in [6, 6.07) is 9.57. The Morgan fingerprint density at radius 2 is 1.89 bits per heavy atom. The van der Waals surface area contributed by atoms with Crippen LogP contribution in [0.4, 0.5) is 0 Å². The van der Waals surface area contributed by atoms with E-state index in [0.717, 1.165) is 41.7 Å². The van der Waals surface area contributed by atoms with Crippen LogP contribution in [0.15, 0.2) is 53.6 Å². The maximum atomic E-state index is 12.7. The lowest BCUT2D eigenvalue weighted by Crippen LogP contribution is -2.30. The van der Waals surface area contributed by atoms with E-state index in [1.165, 1.54) is 25.3 Å². The van der Waals surface area contributed by atoms with Crippen LogP contribution in [0.2, 0.25) is 15.1 Å². The fourth-order valence-corrected chi connectivity index (χ4v) is 6.11. The summed E-state index contributed by atoms with van der Waals surface area (Å²) in [5.74, 6) is -0.517. The van der Waals surface area contributed by atoms with Gasteiger partial charge >= 0.3 is 0 Å². The summed E-state index contributed by atoms with van der Waals surface area (Å²) in [6.45, 7) is 0.489. The summed E-state index contributed by atoms with van der Waals surface area (Å²) in [5, 5.41) is 5.92. The van der Waals surface area contributed by atoms with E-state index in [4.69, 9.17) is 39.5 Å². The highest BCUT2D eigenvalue weighted by Gasteiger charge is 2.23. The Morgan fingerprint density at radius 1 is 1.14 bits per heavy atom. The summed E-state index contributed by atoms with van der Waals surface area (Å²) in [4.78, 5) is 12.3. The first kappa shape index (κ1) is 26.5. The molecule has 1 heterocycles. The molecule has 190 valence electrons. The molecule has 0 unspecified atom stereocenters. The van der Waals surface area contributed by atoms with Crippen LogP contribution in [0, 0.1) is 0 Å². The van der Waals surface area contributed by atoms with Crippen LogP contribution < -0.4 is 9.46 Å². The number of amides is 1. The van der Waals surface area contributed by atoms with Crippen LogP contribution in [0.1, 0.15) is 42.5 Å². The van der Waals surface area contributed by atoms with Gasteiger partial charge in [-0.25, -0.2) is 13.1 Å². The zero-order valence-electron chi connectivity index (χ0n) is 19.4. The van der Waals surface area contributed by atoms with Crippen molar-refractivity contribution in [2.24, 2.45) is 0 Å². The number of nitrogens with zero attached hydrogens (tertiary/aromatic N) is 2. The van der Waals surface area contributed by atoms with Crippen molar-refractivity contribution in [2.75, 3.05) is 7.11 Å². The van der Waals surface area contributed by atoms with Crippen LogP contribution in [-0.2, 0) is 27.8 Å². The van der Waals surface area contributed by atoms with E-state index in [2.05, 4.69) is 9.82 Å². The van der Waals surface area contributed by atoms with E-state index in [9.17, 15) is 13.2 Å². The number of halogens is 3. The third kappa shape index (κ3) is 6.06. The highest BCUT2D eigenvalue weighted by molar-refractivity contribution is 7.90. The average molecular weight is 569 g/mol. The molecule has 0 radical (unpaired) electrons. The molecule has 3 aromatic rings. The number of ether oxygens (including phenoxy) is 1. The van der Waals surface area contributed by atoms with E-state index in [-0.39, 0.29) is 22.1 Å².